The van der Waals surface area contributed by atoms with E-state index in [9.17, 15) is 9.59 Å². The lowest BCUT2D eigenvalue weighted by molar-refractivity contribution is -0.139. The van der Waals surface area contributed by atoms with Gasteiger partial charge in [0.2, 0.25) is 6.79 Å². The molecule has 0 aliphatic carbocycles. The molecule has 1 fully saturated rings. The van der Waals surface area contributed by atoms with Gasteiger partial charge in [-0.2, -0.15) is 0 Å². The molecule has 3 heterocycles. The number of urea groups is 1. The van der Waals surface area contributed by atoms with Crippen LogP contribution in [-0.2, 0) is 9.53 Å². The number of hydrogen-bond acceptors (Lipinski definition) is 6. The number of carbonyl (C=O) groups is 2. The van der Waals surface area contributed by atoms with Crippen molar-refractivity contribution in [2.45, 2.75) is 32.2 Å². The van der Waals surface area contributed by atoms with Crippen molar-refractivity contribution in [1.29, 1.82) is 0 Å². The molecule has 150 valence electrons. The summed E-state index contributed by atoms with van der Waals surface area (Å²) in [5.74, 6) is 0.829. The van der Waals surface area contributed by atoms with Crippen LogP contribution in [0.15, 0.2) is 29.5 Å². The second-order valence-corrected chi connectivity index (χ2v) is 7.09. The quantitative estimate of drug-likeness (QED) is 0.752. The maximum Gasteiger partial charge on any atom is 0.338 e. The van der Waals surface area contributed by atoms with Crippen molar-refractivity contribution in [3.63, 3.8) is 0 Å². The van der Waals surface area contributed by atoms with Crippen LogP contribution in [0.25, 0.3) is 0 Å². The third-order valence-corrected chi connectivity index (χ3v) is 5.21. The third kappa shape index (κ3) is 3.77. The van der Waals surface area contributed by atoms with E-state index < -0.39 is 12.0 Å². The molecule has 0 bridgehead atoms. The highest BCUT2D eigenvalue weighted by Crippen LogP contribution is 2.37. The zero-order valence-electron chi connectivity index (χ0n) is 16.0. The molecule has 0 aromatic heterocycles. The molecule has 1 unspecified atom stereocenters. The maximum absolute atomic E-state index is 12.8. The Labute approximate surface area is 163 Å². The molecule has 0 radical (unpaired) electrons. The first-order chi connectivity index (χ1) is 13.7. The second kappa shape index (κ2) is 8.10. The number of ether oxygens (including phenoxy) is 3. The Hall–Kier alpha value is -2.74. The van der Waals surface area contributed by atoms with E-state index in [-0.39, 0.29) is 19.4 Å². The molecule has 3 aliphatic rings. The molecule has 1 aromatic rings. The SMILES string of the molecule is CCOC(=O)C1=C(CN2CCCCC2)NC(=O)NC1c1ccc2c(c1)OCO2. The van der Waals surface area contributed by atoms with Gasteiger partial charge < -0.3 is 24.8 Å². The van der Waals surface area contributed by atoms with Crippen molar-refractivity contribution < 1.29 is 23.8 Å². The van der Waals surface area contributed by atoms with Gasteiger partial charge in [-0.1, -0.05) is 12.5 Å². The number of benzene rings is 1. The number of nitrogens with one attached hydrogen (secondary N) is 2. The summed E-state index contributed by atoms with van der Waals surface area (Å²) in [5, 5.41) is 5.69. The molecule has 8 heteroatoms. The fourth-order valence-electron chi connectivity index (χ4n) is 3.88. The molecule has 1 saturated heterocycles. The molecule has 1 aromatic carbocycles. The van der Waals surface area contributed by atoms with Crippen LogP contribution in [0, 0.1) is 0 Å². The normalized spacial score (nSPS) is 21.9. The van der Waals surface area contributed by atoms with Gasteiger partial charge >= 0.3 is 12.0 Å². The van der Waals surface area contributed by atoms with Crippen molar-refractivity contribution in [1.82, 2.24) is 15.5 Å². The predicted molar refractivity (Wildman–Crippen MR) is 101 cm³/mol. The minimum absolute atomic E-state index is 0.165. The van der Waals surface area contributed by atoms with Gasteiger partial charge in [-0.05, 0) is 50.6 Å². The summed E-state index contributed by atoms with van der Waals surface area (Å²) in [6.07, 6.45) is 3.47. The van der Waals surface area contributed by atoms with E-state index in [4.69, 9.17) is 14.2 Å². The van der Waals surface area contributed by atoms with Gasteiger partial charge in [0.15, 0.2) is 11.5 Å². The molecule has 1 atom stereocenters. The predicted octanol–water partition coefficient (Wildman–Crippen LogP) is 2.07. The molecule has 28 heavy (non-hydrogen) atoms. The first kappa shape index (κ1) is 18.6. The summed E-state index contributed by atoms with van der Waals surface area (Å²) < 4.78 is 16.1. The van der Waals surface area contributed by atoms with Crippen LogP contribution in [0.2, 0.25) is 0 Å². The minimum Gasteiger partial charge on any atom is -0.463 e. The topological polar surface area (TPSA) is 89.1 Å². The number of hydrogen-bond donors (Lipinski definition) is 2. The van der Waals surface area contributed by atoms with E-state index in [0.717, 1.165) is 31.5 Å². The first-order valence-electron chi connectivity index (χ1n) is 9.75. The summed E-state index contributed by atoms with van der Waals surface area (Å²) in [5.41, 5.74) is 1.79. The average molecular weight is 387 g/mol. The van der Waals surface area contributed by atoms with E-state index in [1.54, 1.807) is 19.1 Å². The number of likely N-dealkylation sites (tertiary alicyclic amines) is 1. The van der Waals surface area contributed by atoms with E-state index >= 15 is 0 Å². The average Bonchev–Trinajstić information content (AvgIpc) is 3.16. The van der Waals surface area contributed by atoms with Crippen LogP contribution >= 0.6 is 0 Å². The Morgan fingerprint density at radius 3 is 2.79 bits per heavy atom. The lowest BCUT2D eigenvalue weighted by Crippen LogP contribution is -2.49. The van der Waals surface area contributed by atoms with Gasteiger partial charge in [-0.3, -0.25) is 4.90 Å². The summed E-state index contributed by atoms with van der Waals surface area (Å²) in [6, 6.07) is 4.49. The van der Waals surface area contributed by atoms with E-state index in [1.807, 2.05) is 6.07 Å². The van der Waals surface area contributed by atoms with Crippen molar-refractivity contribution >= 4 is 12.0 Å². The highest BCUT2D eigenvalue weighted by atomic mass is 16.7. The molecule has 8 nitrogen and oxygen atoms in total. The molecule has 3 aliphatic heterocycles. The third-order valence-electron chi connectivity index (χ3n) is 5.21. The minimum atomic E-state index is -0.609. The maximum atomic E-state index is 12.8. The fraction of sp³-hybridized carbons (Fsp3) is 0.500. The van der Waals surface area contributed by atoms with Crippen LogP contribution < -0.4 is 20.1 Å². The number of fused-ring (bicyclic) bond motifs is 1. The first-order valence-corrected chi connectivity index (χ1v) is 9.75. The van der Waals surface area contributed by atoms with Gasteiger partial charge in [0.25, 0.3) is 0 Å². The van der Waals surface area contributed by atoms with E-state index in [0.29, 0.717) is 29.3 Å². The van der Waals surface area contributed by atoms with Gasteiger partial charge in [0.05, 0.1) is 18.2 Å². The van der Waals surface area contributed by atoms with Crippen molar-refractivity contribution in [3.8, 4) is 11.5 Å². The number of amides is 2. The van der Waals surface area contributed by atoms with Gasteiger partial charge in [-0.15, -0.1) is 0 Å². The molecule has 0 spiro atoms. The van der Waals surface area contributed by atoms with Gasteiger partial charge in [0, 0.05) is 12.2 Å². The lowest BCUT2D eigenvalue weighted by atomic mass is 9.94. The molecule has 2 N–H and O–H groups in total. The summed E-state index contributed by atoms with van der Waals surface area (Å²) in [4.78, 5) is 27.5. The van der Waals surface area contributed by atoms with Gasteiger partial charge in [0.1, 0.15) is 0 Å². The summed E-state index contributed by atoms with van der Waals surface area (Å²) >= 11 is 0. The van der Waals surface area contributed by atoms with Crippen LogP contribution in [-0.4, -0.2) is 49.9 Å². The van der Waals surface area contributed by atoms with Crippen LogP contribution in [0.4, 0.5) is 4.79 Å². The molecular formula is C20H25N3O5. The Balaban J connectivity index is 1.70. The number of carbonyl (C=O) groups excluding carboxylic acids is 2. The Kier molecular flexibility index (Phi) is 5.38. The second-order valence-electron chi connectivity index (χ2n) is 7.09. The zero-order valence-corrected chi connectivity index (χ0v) is 16.0. The standard InChI is InChI=1S/C20H25N3O5/c1-2-26-19(24)17-14(11-23-8-4-3-5-9-23)21-20(25)22-18(17)13-6-7-15-16(10-13)28-12-27-15/h6-7,10,18H,2-5,8-9,11-12H2,1H3,(H2,21,22,25). The van der Waals surface area contributed by atoms with Crippen LogP contribution in [0.5, 0.6) is 11.5 Å². The summed E-state index contributed by atoms with van der Waals surface area (Å²) in [7, 11) is 0. The monoisotopic (exact) mass is 387 g/mol. The van der Waals surface area contributed by atoms with Crippen molar-refractivity contribution in [3.05, 3.63) is 35.0 Å². The number of esters is 1. The Bertz CT molecular complexity index is 801. The number of piperidine rings is 1. The lowest BCUT2D eigenvalue weighted by Gasteiger charge is -2.33. The van der Waals surface area contributed by atoms with E-state index in [2.05, 4.69) is 15.5 Å². The Morgan fingerprint density at radius 2 is 2.00 bits per heavy atom. The summed E-state index contributed by atoms with van der Waals surface area (Å²) in [6.45, 7) is 4.63. The van der Waals surface area contributed by atoms with Crippen LogP contribution in [0.1, 0.15) is 37.8 Å². The largest absolute Gasteiger partial charge is 0.463 e. The highest BCUT2D eigenvalue weighted by molar-refractivity contribution is 5.95. The smallest absolute Gasteiger partial charge is 0.338 e. The highest BCUT2D eigenvalue weighted by Gasteiger charge is 2.35. The molecule has 4 rings (SSSR count). The van der Waals surface area contributed by atoms with Crippen molar-refractivity contribution in [2.24, 2.45) is 0 Å². The number of rotatable bonds is 5. The number of nitrogens with zero attached hydrogens (tertiary/aromatic N) is 1. The molecule has 0 saturated carbocycles. The molecular weight excluding hydrogens is 362 g/mol. The van der Waals surface area contributed by atoms with E-state index in [1.165, 1.54) is 6.42 Å². The zero-order chi connectivity index (χ0) is 19.5. The fourth-order valence-corrected chi connectivity index (χ4v) is 3.88. The molecule has 2 amide bonds. The van der Waals surface area contributed by atoms with Crippen LogP contribution in [0.3, 0.4) is 0 Å². The van der Waals surface area contributed by atoms with Crippen molar-refractivity contribution in [2.75, 3.05) is 33.0 Å². The van der Waals surface area contributed by atoms with Gasteiger partial charge in [-0.25, -0.2) is 9.59 Å². The Morgan fingerprint density at radius 1 is 1.21 bits per heavy atom.